The monoisotopic (exact) mass is 522 g/mol. The van der Waals surface area contributed by atoms with Crippen LogP contribution in [0.1, 0.15) is 94.2 Å². The van der Waals surface area contributed by atoms with Gasteiger partial charge < -0.3 is 4.74 Å². The molecule has 1 aliphatic rings. The standard InChI is InChI=1S/C34H41F3O/c1-3-4-5-6-7-22-38-32-21-14-26(23-31(32)35)11-10-25-12-17-28(18-13-25)30-20-19-29(33(36)34(30)37)27-15-8-24(2)9-16-27/h12-14,17-21,23-24,27H,3-11,15-16,22H2,1-2H3. The molecule has 0 aliphatic heterocycles. The minimum absolute atomic E-state index is 0.109. The molecular weight excluding hydrogens is 481 g/mol. The molecule has 1 fully saturated rings. The van der Waals surface area contributed by atoms with Crippen LogP contribution in [0.15, 0.2) is 54.6 Å². The number of rotatable bonds is 12. The van der Waals surface area contributed by atoms with Crippen molar-refractivity contribution in [1.82, 2.24) is 0 Å². The second kappa shape index (κ2) is 13.9. The van der Waals surface area contributed by atoms with Gasteiger partial charge in [-0.15, -0.1) is 0 Å². The number of halogens is 3. The largest absolute Gasteiger partial charge is 0.491 e. The molecule has 0 radical (unpaired) electrons. The molecule has 0 saturated heterocycles. The van der Waals surface area contributed by atoms with Crippen LogP contribution in [0.2, 0.25) is 0 Å². The fraction of sp³-hybridized carbons (Fsp3) is 0.471. The van der Waals surface area contributed by atoms with E-state index in [-0.39, 0.29) is 11.7 Å². The van der Waals surface area contributed by atoms with Crippen LogP contribution >= 0.6 is 0 Å². The highest BCUT2D eigenvalue weighted by Crippen LogP contribution is 2.38. The lowest BCUT2D eigenvalue weighted by Gasteiger charge is -2.27. The Morgan fingerprint density at radius 1 is 0.737 bits per heavy atom. The number of ether oxygens (including phenoxy) is 1. The molecule has 4 heteroatoms. The van der Waals surface area contributed by atoms with Gasteiger partial charge in [0.25, 0.3) is 0 Å². The SMILES string of the molecule is CCCCCCCOc1ccc(CCc2ccc(-c3ccc(C4CCC(C)CC4)c(F)c3F)cc2)cc1F. The molecule has 1 saturated carbocycles. The summed E-state index contributed by atoms with van der Waals surface area (Å²) in [5.74, 6) is -0.691. The van der Waals surface area contributed by atoms with Crippen molar-refractivity contribution in [2.45, 2.75) is 90.4 Å². The van der Waals surface area contributed by atoms with Gasteiger partial charge in [0.15, 0.2) is 23.2 Å². The van der Waals surface area contributed by atoms with Crippen molar-refractivity contribution in [3.63, 3.8) is 0 Å². The second-order valence-electron chi connectivity index (χ2n) is 11.0. The van der Waals surface area contributed by atoms with Gasteiger partial charge in [0, 0.05) is 5.56 Å². The van der Waals surface area contributed by atoms with Crippen LogP contribution < -0.4 is 4.74 Å². The molecule has 0 spiro atoms. The third-order valence-electron chi connectivity index (χ3n) is 8.04. The summed E-state index contributed by atoms with van der Waals surface area (Å²) in [5.41, 5.74) is 3.45. The first-order valence-electron chi connectivity index (χ1n) is 14.4. The molecule has 0 heterocycles. The molecule has 38 heavy (non-hydrogen) atoms. The molecule has 1 nitrogen and oxygen atoms in total. The Morgan fingerprint density at radius 2 is 1.42 bits per heavy atom. The highest BCUT2D eigenvalue weighted by Gasteiger charge is 2.25. The zero-order chi connectivity index (χ0) is 26.9. The molecule has 0 bridgehead atoms. The molecule has 3 aromatic rings. The van der Waals surface area contributed by atoms with E-state index in [0.29, 0.717) is 41.4 Å². The van der Waals surface area contributed by atoms with Gasteiger partial charge in [0.1, 0.15) is 0 Å². The summed E-state index contributed by atoms with van der Waals surface area (Å²) in [6.07, 6.45) is 11.1. The quantitative estimate of drug-likeness (QED) is 0.215. The lowest BCUT2D eigenvalue weighted by molar-refractivity contribution is 0.290. The summed E-state index contributed by atoms with van der Waals surface area (Å²) >= 11 is 0. The van der Waals surface area contributed by atoms with Crippen molar-refractivity contribution in [3.8, 4) is 16.9 Å². The normalized spacial score (nSPS) is 17.5. The number of unbranched alkanes of at least 4 members (excludes halogenated alkanes) is 4. The van der Waals surface area contributed by atoms with E-state index in [2.05, 4.69) is 13.8 Å². The Bertz CT molecular complexity index is 1160. The number of benzene rings is 3. The van der Waals surface area contributed by atoms with Gasteiger partial charge in [-0.25, -0.2) is 13.2 Å². The smallest absolute Gasteiger partial charge is 0.166 e. The van der Waals surface area contributed by atoms with Crippen molar-refractivity contribution in [1.29, 1.82) is 0 Å². The Morgan fingerprint density at radius 3 is 2.13 bits per heavy atom. The maximum Gasteiger partial charge on any atom is 0.166 e. The highest BCUT2D eigenvalue weighted by molar-refractivity contribution is 5.65. The number of aryl methyl sites for hydroxylation is 2. The van der Waals surface area contributed by atoms with Crippen LogP contribution in [-0.4, -0.2) is 6.61 Å². The van der Waals surface area contributed by atoms with Crippen molar-refractivity contribution < 1.29 is 17.9 Å². The molecular formula is C34H41F3O. The minimum atomic E-state index is -0.757. The van der Waals surface area contributed by atoms with E-state index in [1.54, 1.807) is 24.3 Å². The molecule has 3 aromatic carbocycles. The van der Waals surface area contributed by atoms with E-state index < -0.39 is 11.6 Å². The van der Waals surface area contributed by atoms with Gasteiger partial charge >= 0.3 is 0 Å². The number of hydrogen-bond acceptors (Lipinski definition) is 1. The van der Waals surface area contributed by atoms with Gasteiger partial charge in [-0.3, -0.25) is 0 Å². The first-order chi connectivity index (χ1) is 18.5. The molecule has 0 N–H and O–H groups in total. The van der Waals surface area contributed by atoms with Crippen molar-refractivity contribution in [2.75, 3.05) is 6.61 Å². The molecule has 4 rings (SSSR count). The average Bonchev–Trinajstić information content (AvgIpc) is 2.93. The summed E-state index contributed by atoms with van der Waals surface area (Å²) in [6.45, 7) is 4.95. The molecule has 0 unspecified atom stereocenters. The van der Waals surface area contributed by atoms with Crippen LogP contribution in [0.4, 0.5) is 13.2 Å². The van der Waals surface area contributed by atoms with E-state index in [1.165, 1.54) is 19.3 Å². The fourth-order valence-electron chi connectivity index (χ4n) is 5.52. The molecule has 1 aliphatic carbocycles. The zero-order valence-corrected chi connectivity index (χ0v) is 22.9. The van der Waals surface area contributed by atoms with Crippen LogP contribution in [0.5, 0.6) is 5.75 Å². The van der Waals surface area contributed by atoms with Gasteiger partial charge in [0.2, 0.25) is 0 Å². The maximum atomic E-state index is 15.0. The topological polar surface area (TPSA) is 9.23 Å². The van der Waals surface area contributed by atoms with Crippen LogP contribution in [0.25, 0.3) is 11.1 Å². The maximum absolute atomic E-state index is 15.0. The van der Waals surface area contributed by atoms with Gasteiger partial charge in [-0.2, -0.15) is 0 Å². The Labute approximate surface area is 226 Å². The summed E-state index contributed by atoms with van der Waals surface area (Å²) < 4.78 is 50.2. The Kier molecular flexibility index (Phi) is 10.3. The zero-order valence-electron chi connectivity index (χ0n) is 22.9. The second-order valence-corrected chi connectivity index (χ2v) is 11.0. The molecule has 0 amide bonds. The van der Waals surface area contributed by atoms with Gasteiger partial charge in [0.05, 0.1) is 6.61 Å². The molecule has 204 valence electrons. The summed E-state index contributed by atoms with van der Waals surface area (Å²) in [4.78, 5) is 0. The third-order valence-corrected chi connectivity index (χ3v) is 8.04. The first kappa shape index (κ1) is 28.3. The van der Waals surface area contributed by atoms with E-state index in [9.17, 15) is 8.78 Å². The minimum Gasteiger partial charge on any atom is -0.491 e. The van der Waals surface area contributed by atoms with E-state index in [4.69, 9.17) is 4.74 Å². The summed E-state index contributed by atoms with van der Waals surface area (Å²) in [6, 6.07) is 16.2. The van der Waals surface area contributed by atoms with Crippen molar-refractivity contribution in [3.05, 3.63) is 88.7 Å². The van der Waals surface area contributed by atoms with Crippen LogP contribution in [0, 0.1) is 23.4 Å². The van der Waals surface area contributed by atoms with Crippen LogP contribution in [0.3, 0.4) is 0 Å². The van der Waals surface area contributed by atoms with Gasteiger partial charge in [-0.1, -0.05) is 94.8 Å². The van der Waals surface area contributed by atoms with E-state index in [1.807, 2.05) is 30.3 Å². The predicted octanol–water partition coefficient (Wildman–Crippen LogP) is 10.2. The summed E-state index contributed by atoms with van der Waals surface area (Å²) in [7, 11) is 0. The van der Waals surface area contributed by atoms with Crippen molar-refractivity contribution in [2.24, 2.45) is 5.92 Å². The average molecular weight is 523 g/mol. The van der Waals surface area contributed by atoms with Crippen molar-refractivity contribution >= 4 is 0 Å². The van der Waals surface area contributed by atoms with E-state index in [0.717, 1.165) is 56.1 Å². The van der Waals surface area contributed by atoms with E-state index >= 15 is 4.39 Å². The summed E-state index contributed by atoms with van der Waals surface area (Å²) in [5, 5.41) is 0. The lowest BCUT2D eigenvalue weighted by atomic mass is 9.79. The molecule has 0 atom stereocenters. The highest BCUT2D eigenvalue weighted by atomic mass is 19.2. The Balaban J connectivity index is 1.32. The Hall–Kier alpha value is -2.75. The third kappa shape index (κ3) is 7.42. The molecule has 0 aromatic heterocycles. The first-order valence-corrected chi connectivity index (χ1v) is 14.4. The van der Waals surface area contributed by atoms with Gasteiger partial charge in [-0.05, 0) is 78.3 Å². The number of hydrogen-bond donors (Lipinski definition) is 0. The fourth-order valence-corrected chi connectivity index (χ4v) is 5.52. The van der Waals surface area contributed by atoms with Crippen LogP contribution in [-0.2, 0) is 12.8 Å². The predicted molar refractivity (Wildman–Crippen MR) is 150 cm³/mol. The lowest BCUT2D eigenvalue weighted by Crippen LogP contribution is -2.13.